The van der Waals surface area contributed by atoms with Crippen molar-refractivity contribution in [3.05, 3.63) is 59.9 Å². The summed E-state index contributed by atoms with van der Waals surface area (Å²) in [5.41, 5.74) is 4.44. The van der Waals surface area contributed by atoms with E-state index in [1.807, 2.05) is 0 Å². The second-order valence-corrected chi connectivity index (χ2v) is 5.26. The van der Waals surface area contributed by atoms with Crippen LogP contribution in [0, 0.1) is 5.82 Å². The highest BCUT2D eigenvalue weighted by atomic mass is 32.2. The lowest BCUT2D eigenvalue weighted by atomic mass is 10.2. The van der Waals surface area contributed by atoms with Gasteiger partial charge in [0.25, 0.3) is 5.91 Å². The molecule has 5 nitrogen and oxygen atoms in total. The lowest BCUT2D eigenvalue weighted by Crippen LogP contribution is -2.42. The predicted molar refractivity (Wildman–Crippen MR) is 80.8 cm³/mol. The molecule has 0 unspecified atom stereocenters. The molecule has 114 valence electrons. The van der Waals surface area contributed by atoms with Crippen LogP contribution in [0.4, 0.5) is 4.39 Å². The molecular formula is C15H13FN2O3S. The van der Waals surface area contributed by atoms with Gasteiger partial charge in [-0.3, -0.25) is 20.4 Å². The van der Waals surface area contributed by atoms with E-state index in [0.717, 1.165) is 11.8 Å². The SMILES string of the molecule is O=C(CSc1ccccc1F)NNC(=O)c1ccccc1O. The summed E-state index contributed by atoms with van der Waals surface area (Å²) in [6.07, 6.45) is 0. The van der Waals surface area contributed by atoms with Crippen molar-refractivity contribution in [3.8, 4) is 5.75 Å². The minimum atomic E-state index is -0.637. The van der Waals surface area contributed by atoms with E-state index in [4.69, 9.17) is 0 Å². The Morgan fingerprint density at radius 1 is 1.05 bits per heavy atom. The van der Waals surface area contributed by atoms with E-state index in [1.54, 1.807) is 30.3 Å². The average Bonchev–Trinajstić information content (AvgIpc) is 2.52. The largest absolute Gasteiger partial charge is 0.507 e. The van der Waals surface area contributed by atoms with Crippen LogP contribution in [0.25, 0.3) is 0 Å². The number of thioether (sulfide) groups is 1. The van der Waals surface area contributed by atoms with Crippen molar-refractivity contribution < 1.29 is 19.1 Å². The number of carbonyl (C=O) groups excluding carboxylic acids is 2. The number of phenolic OH excluding ortho intramolecular Hbond substituents is 1. The molecule has 0 spiro atoms. The van der Waals surface area contributed by atoms with Crippen molar-refractivity contribution in [2.24, 2.45) is 0 Å². The molecule has 2 amide bonds. The molecule has 0 heterocycles. The molecule has 0 aliphatic heterocycles. The van der Waals surface area contributed by atoms with Crippen LogP contribution in [0.3, 0.4) is 0 Å². The molecular weight excluding hydrogens is 307 g/mol. The zero-order valence-corrected chi connectivity index (χ0v) is 12.2. The third kappa shape index (κ3) is 4.23. The maximum Gasteiger partial charge on any atom is 0.273 e. The van der Waals surface area contributed by atoms with Crippen molar-refractivity contribution in [3.63, 3.8) is 0 Å². The van der Waals surface area contributed by atoms with Crippen LogP contribution in [-0.4, -0.2) is 22.7 Å². The number of benzene rings is 2. The van der Waals surface area contributed by atoms with E-state index >= 15 is 0 Å². The number of hydrogen-bond donors (Lipinski definition) is 3. The van der Waals surface area contributed by atoms with Crippen molar-refractivity contribution in [1.29, 1.82) is 0 Å². The molecule has 3 N–H and O–H groups in total. The zero-order valence-electron chi connectivity index (χ0n) is 11.4. The molecule has 0 aliphatic carbocycles. The standard InChI is InChI=1S/C15H13FN2O3S/c16-11-6-2-4-8-13(11)22-9-14(20)17-18-15(21)10-5-1-3-7-12(10)19/h1-8,19H,9H2,(H,17,20)(H,18,21). The lowest BCUT2D eigenvalue weighted by Gasteiger charge is -2.08. The van der Waals surface area contributed by atoms with E-state index in [9.17, 15) is 19.1 Å². The highest BCUT2D eigenvalue weighted by Gasteiger charge is 2.11. The molecule has 0 fully saturated rings. The first-order chi connectivity index (χ1) is 10.6. The summed E-state index contributed by atoms with van der Waals surface area (Å²) in [5.74, 6) is -1.77. The van der Waals surface area contributed by atoms with Gasteiger partial charge >= 0.3 is 0 Å². The van der Waals surface area contributed by atoms with Crippen LogP contribution in [0.1, 0.15) is 10.4 Å². The van der Waals surface area contributed by atoms with Gasteiger partial charge in [-0.2, -0.15) is 0 Å². The lowest BCUT2D eigenvalue weighted by molar-refractivity contribution is -0.119. The molecule has 0 aliphatic rings. The third-order valence-corrected chi connectivity index (χ3v) is 3.71. The van der Waals surface area contributed by atoms with E-state index in [2.05, 4.69) is 10.9 Å². The molecule has 0 radical (unpaired) electrons. The van der Waals surface area contributed by atoms with Crippen LogP contribution in [0.2, 0.25) is 0 Å². The Morgan fingerprint density at radius 2 is 1.73 bits per heavy atom. The third-order valence-electron chi connectivity index (χ3n) is 2.66. The van der Waals surface area contributed by atoms with Crippen LogP contribution in [-0.2, 0) is 4.79 Å². The summed E-state index contributed by atoms with van der Waals surface area (Å²) in [6, 6.07) is 12.1. The fourth-order valence-corrected chi connectivity index (χ4v) is 2.34. The summed E-state index contributed by atoms with van der Waals surface area (Å²) in [4.78, 5) is 23.7. The van der Waals surface area contributed by atoms with E-state index in [1.165, 1.54) is 18.2 Å². The van der Waals surface area contributed by atoms with E-state index in [-0.39, 0.29) is 17.1 Å². The smallest absolute Gasteiger partial charge is 0.273 e. The maximum atomic E-state index is 13.4. The van der Waals surface area contributed by atoms with Crippen molar-refractivity contribution in [1.82, 2.24) is 10.9 Å². The Hall–Kier alpha value is -2.54. The first-order valence-corrected chi connectivity index (χ1v) is 7.31. The molecule has 2 rings (SSSR count). The quantitative estimate of drug-likeness (QED) is 0.595. The number of aromatic hydroxyl groups is 1. The van der Waals surface area contributed by atoms with E-state index < -0.39 is 17.6 Å². The highest BCUT2D eigenvalue weighted by molar-refractivity contribution is 8.00. The Bertz CT molecular complexity index is 694. The number of phenols is 1. The monoisotopic (exact) mass is 320 g/mol. The maximum absolute atomic E-state index is 13.4. The topological polar surface area (TPSA) is 78.4 Å². The molecule has 22 heavy (non-hydrogen) atoms. The van der Waals surface area contributed by atoms with Gasteiger partial charge in [0.1, 0.15) is 11.6 Å². The van der Waals surface area contributed by atoms with E-state index in [0.29, 0.717) is 4.90 Å². The number of para-hydroxylation sites is 1. The summed E-state index contributed by atoms with van der Waals surface area (Å²) in [7, 11) is 0. The summed E-state index contributed by atoms with van der Waals surface area (Å²) in [5, 5.41) is 9.51. The molecule has 0 saturated heterocycles. The van der Waals surface area contributed by atoms with Crippen molar-refractivity contribution in [2.75, 3.05) is 5.75 Å². The molecule has 0 aromatic heterocycles. The van der Waals surface area contributed by atoms with Gasteiger partial charge in [-0.25, -0.2) is 4.39 Å². The average molecular weight is 320 g/mol. The van der Waals surface area contributed by atoms with Gasteiger partial charge < -0.3 is 5.11 Å². The summed E-state index contributed by atoms with van der Waals surface area (Å²) >= 11 is 1.02. The molecule has 0 bridgehead atoms. The van der Waals surface area contributed by atoms with Gasteiger partial charge in [0.2, 0.25) is 5.91 Å². The van der Waals surface area contributed by atoms with Crippen LogP contribution in [0.15, 0.2) is 53.4 Å². The second kappa shape index (κ2) is 7.46. The Kier molecular flexibility index (Phi) is 5.37. The fraction of sp³-hybridized carbons (Fsp3) is 0.0667. The van der Waals surface area contributed by atoms with Gasteiger partial charge in [0.15, 0.2) is 0 Å². The van der Waals surface area contributed by atoms with Crippen molar-refractivity contribution in [2.45, 2.75) is 4.90 Å². The van der Waals surface area contributed by atoms with Gasteiger partial charge in [-0.05, 0) is 24.3 Å². The second-order valence-electron chi connectivity index (χ2n) is 4.24. The van der Waals surface area contributed by atoms with Gasteiger partial charge in [-0.15, -0.1) is 11.8 Å². The van der Waals surface area contributed by atoms with Gasteiger partial charge in [0.05, 0.1) is 11.3 Å². The minimum Gasteiger partial charge on any atom is -0.507 e. The Morgan fingerprint density at radius 3 is 2.45 bits per heavy atom. The number of halogens is 1. The zero-order chi connectivity index (χ0) is 15.9. The summed E-state index contributed by atoms with van der Waals surface area (Å²) in [6.45, 7) is 0. The number of rotatable bonds is 4. The molecule has 2 aromatic rings. The number of carbonyl (C=O) groups is 2. The van der Waals surface area contributed by atoms with Gasteiger partial charge in [-0.1, -0.05) is 24.3 Å². The first-order valence-electron chi connectivity index (χ1n) is 6.32. The summed E-state index contributed by atoms with van der Waals surface area (Å²) < 4.78 is 13.4. The Labute approximate surface area is 130 Å². The highest BCUT2D eigenvalue weighted by Crippen LogP contribution is 2.20. The number of nitrogens with one attached hydrogen (secondary N) is 2. The number of hydrazine groups is 1. The van der Waals surface area contributed by atoms with Crippen LogP contribution >= 0.6 is 11.8 Å². The van der Waals surface area contributed by atoms with Crippen molar-refractivity contribution >= 4 is 23.6 Å². The molecule has 0 saturated carbocycles. The fourth-order valence-electron chi connectivity index (χ4n) is 1.60. The normalized spacial score (nSPS) is 10.0. The predicted octanol–water partition coefficient (Wildman–Crippen LogP) is 2.08. The molecule has 0 atom stereocenters. The number of amides is 2. The van der Waals surface area contributed by atoms with Gasteiger partial charge in [0, 0.05) is 4.90 Å². The molecule has 2 aromatic carbocycles. The number of hydrogen-bond acceptors (Lipinski definition) is 4. The minimum absolute atomic E-state index is 0.0459. The first kappa shape index (κ1) is 15.8. The molecule has 7 heteroatoms. The Balaban J connectivity index is 1.82. The van der Waals surface area contributed by atoms with Crippen LogP contribution in [0.5, 0.6) is 5.75 Å². The van der Waals surface area contributed by atoms with Crippen LogP contribution < -0.4 is 10.9 Å².